The van der Waals surface area contributed by atoms with Crippen molar-refractivity contribution in [2.24, 2.45) is 0 Å². The highest BCUT2D eigenvalue weighted by Gasteiger charge is 2.18. The Bertz CT molecular complexity index is 909. The van der Waals surface area contributed by atoms with Gasteiger partial charge in [-0.25, -0.2) is 0 Å². The van der Waals surface area contributed by atoms with Crippen molar-refractivity contribution in [2.75, 3.05) is 12.4 Å². The summed E-state index contributed by atoms with van der Waals surface area (Å²) < 4.78 is 6.97. The number of halogens is 1. The molecule has 0 atom stereocenters. The molecule has 0 unspecified atom stereocenters. The Morgan fingerprint density at radius 2 is 1.88 bits per heavy atom. The van der Waals surface area contributed by atoms with Gasteiger partial charge in [0.25, 0.3) is 0 Å². The fraction of sp³-hybridized carbons (Fsp3) is 0.211. The van der Waals surface area contributed by atoms with Crippen LogP contribution in [0.3, 0.4) is 0 Å². The van der Waals surface area contributed by atoms with Crippen molar-refractivity contribution in [2.45, 2.75) is 19.0 Å². The highest BCUT2D eigenvalue weighted by atomic mass is 35.5. The van der Waals surface area contributed by atoms with Gasteiger partial charge in [0.2, 0.25) is 0 Å². The van der Waals surface area contributed by atoms with Gasteiger partial charge in [0.1, 0.15) is 0 Å². The van der Waals surface area contributed by atoms with Crippen LogP contribution in [-0.4, -0.2) is 33.1 Å². The molecule has 0 fully saturated rings. The maximum Gasteiger partial charge on any atom is 0.316 e. The monoisotopic (exact) mass is 387 g/mol. The molecule has 0 saturated heterocycles. The summed E-state index contributed by atoms with van der Waals surface area (Å²) in [5.41, 5.74) is 2.95. The van der Waals surface area contributed by atoms with Crippen LogP contribution in [0.2, 0.25) is 5.02 Å². The average Bonchev–Trinajstić information content (AvgIpc) is 3.05. The van der Waals surface area contributed by atoms with Crippen LogP contribution < -0.4 is 0 Å². The molecular formula is C19H18ClN3O2S. The van der Waals surface area contributed by atoms with Crippen LogP contribution >= 0.6 is 23.4 Å². The number of rotatable bonds is 6. The number of esters is 1. The zero-order valence-corrected chi connectivity index (χ0v) is 16.0. The molecule has 2 aromatic carbocycles. The third kappa shape index (κ3) is 4.08. The Kier molecular flexibility index (Phi) is 5.96. The molecule has 0 saturated carbocycles. The molecule has 5 nitrogen and oxygen atoms in total. The average molecular weight is 388 g/mol. The first-order valence-electron chi connectivity index (χ1n) is 8.16. The van der Waals surface area contributed by atoms with Crippen LogP contribution in [0, 0.1) is 6.92 Å². The zero-order chi connectivity index (χ0) is 18.5. The summed E-state index contributed by atoms with van der Waals surface area (Å²) in [4.78, 5) is 11.7. The summed E-state index contributed by atoms with van der Waals surface area (Å²) in [6.45, 7) is 4.18. The number of carbonyl (C=O) groups is 1. The fourth-order valence-electron chi connectivity index (χ4n) is 2.51. The molecule has 0 radical (unpaired) electrons. The van der Waals surface area contributed by atoms with E-state index < -0.39 is 0 Å². The number of para-hydroxylation sites is 1. The van der Waals surface area contributed by atoms with Crippen LogP contribution in [0.4, 0.5) is 0 Å². The molecule has 134 valence electrons. The maximum absolute atomic E-state index is 11.7. The van der Waals surface area contributed by atoms with Crippen molar-refractivity contribution in [3.05, 3.63) is 59.1 Å². The molecule has 0 bridgehead atoms. The second kappa shape index (κ2) is 8.38. The molecular weight excluding hydrogens is 370 g/mol. The van der Waals surface area contributed by atoms with Crippen molar-refractivity contribution in [1.82, 2.24) is 14.8 Å². The lowest BCUT2D eigenvalue weighted by Gasteiger charge is -2.12. The molecule has 7 heteroatoms. The van der Waals surface area contributed by atoms with Gasteiger partial charge in [0, 0.05) is 10.6 Å². The summed E-state index contributed by atoms with van der Waals surface area (Å²) in [7, 11) is 0. The van der Waals surface area contributed by atoms with Crippen molar-refractivity contribution >= 4 is 29.3 Å². The lowest BCUT2D eigenvalue weighted by atomic mass is 10.1. The van der Waals surface area contributed by atoms with E-state index in [1.165, 1.54) is 11.8 Å². The molecule has 0 spiro atoms. The number of aryl methyl sites for hydroxylation is 1. The van der Waals surface area contributed by atoms with Gasteiger partial charge in [-0.05, 0) is 49.7 Å². The van der Waals surface area contributed by atoms with Crippen molar-refractivity contribution < 1.29 is 9.53 Å². The Labute approximate surface area is 161 Å². The second-order valence-corrected chi connectivity index (χ2v) is 6.91. The van der Waals surface area contributed by atoms with E-state index in [1.807, 2.05) is 60.0 Å². The smallest absolute Gasteiger partial charge is 0.316 e. The molecule has 26 heavy (non-hydrogen) atoms. The van der Waals surface area contributed by atoms with Crippen LogP contribution in [0.1, 0.15) is 12.5 Å². The number of carbonyl (C=O) groups excluding carboxylic acids is 1. The minimum absolute atomic E-state index is 0.179. The van der Waals surface area contributed by atoms with E-state index in [0.29, 0.717) is 22.6 Å². The van der Waals surface area contributed by atoms with Gasteiger partial charge in [-0.15, -0.1) is 10.2 Å². The lowest BCUT2D eigenvalue weighted by Crippen LogP contribution is -2.08. The summed E-state index contributed by atoms with van der Waals surface area (Å²) >= 11 is 7.31. The number of nitrogens with zero attached hydrogens (tertiary/aromatic N) is 3. The third-order valence-electron chi connectivity index (χ3n) is 3.72. The minimum atomic E-state index is -0.273. The fourth-order valence-corrected chi connectivity index (χ4v) is 3.38. The molecule has 0 aliphatic rings. The maximum atomic E-state index is 11.7. The van der Waals surface area contributed by atoms with Gasteiger partial charge in [-0.2, -0.15) is 0 Å². The first kappa shape index (κ1) is 18.5. The molecule has 1 aromatic heterocycles. The van der Waals surface area contributed by atoms with Crippen molar-refractivity contribution in [1.29, 1.82) is 0 Å². The highest BCUT2D eigenvalue weighted by molar-refractivity contribution is 7.99. The standard InChI is InChI=1S/C19H18ClN3O2S/c1-3-25-17(24)12-26-19-22-21-18(14-8-10-15(20)11-9-14)23(19)16-7-5-4-6-13(16)2/h4-11H,3,12H2,1-2H3. The summed E-state index contributed by atoms with van der Waals surface area (Å²) in [5, 5.41) is 9.95. The number of hydrogen-bond donors (Lipinski definition) is 0. The van der Waals surface area contributed by atoms with Crippen LogP contribution in [0.15, 0.2) is 53.7 Å². The first-order chi connectivity index (χ1) is 12.6. The van der Waals surface area contributed by atoms with Crippen molar-refractivity contribution in [3.63, 3.8) is 0 Å². The summed E-state index contributed by atoms with van der Waals surface area (Å²) in [6, 6.07) is 15.4. The quantitative estimate of drug-likeness (QED) is 0.458. The lowest BCUT2D eigenvalue weighted by molar-refractivity contribution is -0.139. The van der Waals surface area contributed by atoms with E-state index in [9.17, 15) is 4.79 Å². The Morgan fingerprint density at radius 3 is 2.58 bits per heavy atom. The Balaban J connectivity index is 2.04. The number of ether oxygens (including phenoxy) is 1. The number of hydrogen-bond acceptors (Lipinski definition) is 5. The second-order valence-electron chi connectivity index (χ2n) is 5.53. The molecule has 0 amide bonds. The topological polar surface area (TPSA) is 57.0 Å². The molecule has 0 N–H and O–H groups in total. The summed E-state index contributed by atoms with van der Waals surface area (Å²) in [5.74, 6) is 0.602. The summed E-state index contributed by atoms with van der Waals surface area (Å²) in [6.07, 6.45) is 0. The predicted molar refractivity (Wildman–Crippen MR) is 104 cm³/mol. The van der Waals surface area contributed by atoms with E-state index in [1.54, 1.807) is 6.92 Å². The van der Waals surface area contributed by atoms with E-state index in [2.05, 4.69) is 10.2 Å². The van der Waals surface area contributed by atoms with Crippen LogP contribution in [-0.2, 0) is 9.53 Å². The van der Waals surface area contributed by atoms with Crippen molar-refractivity contribution in [3.8, 4) is 17.1 Å². The normalized spacial score (nSPS) is 10.7. The van der Waals surface area contributed by atoms with E-state index in [-0.39, 0.29) is 11.7 Å². The highest BCUT2D eigenvalue weighted by Crippen LogP contribution is 2.30. The van der Waals surface area contributed by atoms with Gasteiger partial charge in [0.15, 0.2) is 11.0 Å². The molecule has 0 aliphatic heterocycles. The van der Waals surface area contributed by atoms with Gasteiger partial charge >= 0.3 is 5.97 Å². The van der Waals surface area contributed by atoms with Gasteiger partial charge in [0.05, 0.1) is 18.0 Å². The Hall–Kier alpha value is -2.31. The first-order valence-corrected chi connectivity index (χ1v) is 9.52. The third-order valence-corrected chi connectivity index (χ3v) is 4.87. The number of thioether (sulfide) groups is 1. The van der Waals surface area contributed by atoms with Crippen LogP contribution in [0.25, 0.3) is 17.1 Å². The zero-order valence-electron chi connectivity index (χ0n) is 14.5. The molecule has 3 aromatic rings. The van der Waals surface area contributed by atoms with E-state index in [0.717, 1.165) is 16.8 Å². The largest absolute Gasteiger partial charge is 0.465 e. The Morgan fingerprint density at radius 1 is 1.15 bits per heavy atom. The molecule has 0 aliphatic carbocycles. The van der Waals surface area contributed by atoms with Gasteiger partial charge < -0.3 is 4.74 Å². The minimum Gasteiger partial charge on any atom is -0.465 e. The van der Waals surface area contributed by atoms with Gasteiger partial charge in [-0.3, -0.25) is 9.36 Å². The van der Waals surface area contributed by atoms with E-state index >= 15 is 0 Å². The van der Waals surface area contributed by atoms with Crippen LogP contribution in [0.5, 0.6) is 0 Å². The molecule has 1 heterocycles. The number of aromatic nitrogens is 3. The van der Waals surface area contributed by atoms with Gasteiger partial charge in [-0.1, -0.05) is 41.6 Å². The predicted octanol–water partition coefficient (Wildman–Crippen LogP) is 4.55. The SMILES string of the molecule is CCOC(=O)CSc1nnc(-c2ccc(Cl)cc2)n1-c1ccccc1C. The van der Waals surface area contributed by atoms with E-state index in [4.69, 9.17) is 16.3 Å². The number of benzene rings is 2. The molecule has 3 rings (SSSR count).